The van der Waals surface area contributed by atoms with E-state index in [1.807, 2.05) is 16.9 Å². The van der Waals surface area contributed by atoms with E-state index in [-0.39, 0.29) is 6.42 Å². The van der Waals surface area contributed by atoms with Crippen LogP contribution in [-0.4, -0.2) is 26.1 Å². The number of unbranched alkanes of at least 4 members (excludes halogenated alkanes) is 1. The van der Waals surface area contributed by atoms with Gasteiger partial charge in [0, 0.05) is 19.2 Å². The van der Waals surface area contributed by atoms with Crippen molar-refractivity contribution in [2.45, 2.75) is 45.1 Å². The van der Waals surface area contributed by atoms with Crippen molar-refractivity contribution in [3.05, 3.63) is 47.8 Å². The lowest BCUT2D eigenvalue weighted by Crippen LogP contribution is -2.00. The molecule has 21 heavy (non-hydrogen) atoms. The topological polar surface area (TPSA) is 68.0 Å². The number of aryl methyl sites for hydroxylation is 3. The van der Waals surface area contributed by atoms with Crippen molar-refractivity contribution in [2.24, 2.45) is 0 Å². The third kappa shape index (κ3) is 5.77. The molecular formula is C16H21N3O2. The molecule has 0 amide bonds. The predicted octanol–water partition coefficient (Wildman–Crippen LogP) is 2.71. The zero-order chi connectivity index (χ0) is 14.9. The smallest absolute Gasteiger partial charge is 0.303 e. The number of benzene rings is 1. The van der Waals surface area contributed by atoms with E-state index in [0.717, 1.165) is 37.9 Å². The van der Waals surface area contributed by atoms with Crippen LogP contribution in [-0.2, 0) is 24.2 Å². The Hall–Kier alpha value is -2.17. The van der Waals surface area contributed by atoms with Gasteiger partial charge in [0.05, 0.1) is 5.69 Å². The van der Waals surface area contributed by atoms with E-state index < -0.39 is 5.97 Å². The van der Waals surface area contributed by atoms with E-state index >= 15 is 0 Å². The molecule has 0 spiro atoms. The maximum atomic E-state index is 10.4. The first-order valence-electron chi connectivity index (χ1n) is 7.39. The summed E-state index contributed by atoms with van der Waals surface area (Å²) in [6.45, 7) is 0.858. The molecule has 5 heteroatoms. The van der Waals surface area contributed by atoms with Gasteiger partial charge in [-0.1, -0.05) is 35.5 Å². The van der Waals surface area contributed by atoms with Crippen LogP contribution in [0.2, 0.25) is 0 Å². The minimum Gasteiger partial charge on any atom is -0.481 e. The number of carboxylic acid groups (broad SMARTS) is 1. The Balaban J connectivity index is 1.67. The maximum Gasteiger partial charge on any atom is 0.303 e. The second-order valence-electron chi connectivity index (χ2n) is 5.16. The lowest BCUT2D eigenvalue weighted by atomic mass is 10.1. The molecule has 1 heterocycles. The summed E-state index contributed by atoms with van der Waals surface area (Å²) >= 11 is 0. The molecule has 0 saturated heterocycles. The quantitative estimate of drug-likeness (QED) is 0.720. The summed E-state index contributed by atoms with van der Waals surface area (Å²) in [6.07, 6.45) is 6.59. The Bertz CT molecular complexity index is 552. The SMILES string of the molecule is O=C(O)CCCCc1cn(CCCc2ccccc2)nn1. The van der Waals surface area contributed by atoms with Crippen molar-refractivity contribution in [2.75, 3.05) is 0 Å². The Morgan fingerprint density at radius 1 is 1.10 bits per heavy atom. The van der Waals surface area contributed by atoms with Gasteiger partial charge in [0.15, 0.2) is 0 Å². The molecule has 0 radical (unpaired) electrons. The molecule has 0 aliphatic carbocycles. The summed E-state index contributed by atoms with van der Waals surface area (Å²) < 4.78 is 1.87. The molecular weight excluding hydrogens is 266 g/mol. The minimum atomic E-state index is -0.737. The van der Waals surface area contributed by atoms with Crippen molar-refractivity contribution >= 4 is 5.97 Å². The van der Waals surface area contributed by atoms with E-state index in [1.165, 1.54) is 5.56 Å². The van der Waals surface area contributed by atoms with Gasteiger partial charge in [-0.05, 0) is 37.7 Å². The fourth-order valence-electron chi connectivity index (χ4n) is 2.23. The van der Waals surface area contributed by atoms with Gasteiger partial charge in [-0.15, -0.1) is 5.10 Å². The molecule has 0 atom stereocenters. The van der Waals surface area contributed by atoms with Crippen molar-refractivity contribution in [1.29, 1.82) is 0 Å². The molecule has 0 aliphatic rings. The molecule has 5 nitrogen and oxygen atoms in total. The third-order valence-corrected chi connectivity index (χ3v) is 3.36. The van der Waals surface area contributed by atoms with Crippen molar-refractivity contribution < 1.29 is 9.90 Å². The van der Waals surface area contributed by atoms with E-state index in [1.54, 1.807) is 0 Å². The van der Waals surface area contributed by atoms with E-state index in [4.69, 9.17) is 5.11 Å². The molecule has 1 aromatic carbocycles. The summed E-state index contributed by atoms with van der Waals surface area (Å²) in [6, 6.07) is 10.4. The summed E-state index contributed by atoms with van der Waals surface area (Å²) in [5.74, 6) is -0.737. The molecule has 112 valence electrons. The fourth-order valence-corrected chi connectivity index (χ4v) is 2.23. The summed E-state index contributed by atoms with van der Waals surface area (Å²) in [5.41, 5.74) is 2.28. The molecule has 1 N–H and O–H groups in total. The van der Waals surface area contributed by atoms with Crippen LogP contribution < -0.4 is 0 Å². The van der Waals surface area contributed by atoms with Crippen LogP contribution in [0.3, 0.4) is 0 Å². The van der Waals surface area contributed by atoms with Crippen LogP contribution in [0.25, 0.3) is 0 Å². The maximum absolute atomic E-state index is 10.4. The van der Waals surface area contributed by atoms with Crippen LogP contribution in [0.4, 0.5) is 0 Å². The van der Waals surface area contributed by atoms with Crippen LogP contribution in [0, 0.1) is 0 Å². The first-order valence-corrected chi connectivity index (χ1v) is 7.39. The van der Waals surface area contributed by atoms with Crippen LogP contribution in [0.1, 0.15) is 36.9 Å². The van der Waals surface area contributed by atoms with Crippen molar-refractivity contribution in [3.63, 3.8) is 0 Å². The molecule has 2 aromatic rings. The Morgan fingerprint density at radius 2 is 1.90 bits per heavy atom. The highest BCUT2D eigenvalue weighted by molar-refractivity contribution is 5.66. The highest BCUT2D eigenvalue weighted by Gasteiger charge is 2.02. The highest BCUT2D eigenvalue weighted by atomic mass is 16.4. The lowest BCUT2D eigenvalue weighted by Gasteiger charge is -2.01. The number of rotatable bonds is 9. The number of hydrogen-bond donors (Lipinski definition) is 1. The monoisotopic (exact) mass is 287 g/mol. The van der Waals surface area contributed by atoms with Gasteiger partial charge in [-0.2, -0.15) is 0 Å². The number of aromatic nitrogens is 3. The van der Waals surface area contributed by atoms with Gasteiger partial charge in [0.25, 0.3) is 0 Å². The molecule has 0 aliphatic heterocycles. The lowest BCUT2D eigenvalue weighted by molar-refractivity contribution is -0.137. The first-order chi connectivity index (χ1) is 10.2. The number of aliphatic carboxylic acids is 1. The van der Waals surface area contributed by atoms with Gasteiger partial charge >= 0.3 is 5.97 Å². The largest absolute Gasteiger partial charge is 0.481 e. The van der Waals surface area contributed by atoms with Gasteiger partial charge in [0.1, 0.15) is 0 Å². The van der Waals surface area contributed by atoms with Gasteiger partial charge in [-0.3, -0.25) is 9.48 Å². The minimum absolute atomic E-state index is 0.227. The zero-order valence-corrected chi connectivity index (χ0v) is 12.1. The molecule has 2 rings (SSSR count). The van der Waals surface area contributed by atoms with E-state index in [2.05, 4.69) is 34.6 Å². The normalized spacial score (nSPS) is 10.7. The second-order valence-corrected chi connectivity index (χ2v) is 5.16. The molecule has 0 unspecified atom stereocenters. The summed E-state index contributed by atoms with van der Waals surface area (Å²) in [4.78, 5) is 10.4. The first kappa shape index (κ1) is 15.2. The molecule has 1 aromatic heterocycles. The number of hydrogen-bond acceptors (Lipinski definition) is 3. The van der Waals surface area contributed by atoms with Gasteiger partial charge in [-0.25, -0.2) is 0 Å². The third-order valence-electron chi connectivity index (χ3n) is 3.36. The fraction of sp³-hybridized carbons (Fsp3) is 0.438. The molecule has 0 fully saturated rings. The highest BCUT2D eigenvalue weighted by Crippen LogP contribution is 2.06. The Labute approximate surface area is 124 Å². The van der Waals surface area contributed by atoms with Crippen molar-refractivity contribution in [1.82, 2.24) is 15.0 Å². The number of carbonyl (C=O) groups is 1. The van der Waals surface area contributed by atoms with Crippen molar-refractivity contribution in [3.8, 4) is 0 Å². The Morgan fingerprint density at radius 3 is 2.67 bits per heavy atom. The average Bonchev–Trinajstić information content (AvgIpc) is 2.92. The molecule has 0 bridgehead atoms. The second kappa shape index (κ2) is 8.19. The van der Waals surface area contributed by atoms with Crippen LogP contribution >= 0.6 is 0 Å². The van der Waals surface area contributed by atoms with Crippen LogP contribution in [0.15, 0.2) is 36.5 Å². The van der Waals surface area contributed by atoms with Gasteiger partial charge < -0.3 is 5.11 Å². The molecule has 0 saturated carbocycles. The zero-order valence-electron chi connectivity index (χ0n) is 12.1. The summed E-state index contributed by atoms with van der Waals surface area (Å²) in [7, 11) is 0. The Kier molecular flexibility index (Phi) is 5.94. The number of carboxylic acids is 1. The number of nitrogens with zero attached hydrogens (tertiary/aromatic N) is 3. The van der Waals surface area contributed by atoms with E-state index in [9.17, 15) is 4.79 Å². The standard InChI is InChI=1S/C16H21N3O2/c20-16(21)11-5-4-10-15-13-19(18-17-15)12-6-9-14-7-2-1-3-8-14/h1-3,7-8,13H,4-6,9-12H2,(H,20,21). The summed E-state index contributed by atoms with van der Waals surface area (Å²) in [5, 5.41) is 16.8. The van der Waals surface area contributed by atoms with Gasteiger partial charge in [0.2, 0.25) is 0 Å². The van der Waals surface area contributed by atoms with Crippen LogP contribution in [0.5, 0.6) is 0 Å². The van der Waals surface area contributed by atoms with E-state index in [0.29, 0.717) is 6.42 Å². The average molecular weight is 287 g/mol. The predicted molar refractivity (Wildman–Crippen MR) is 80.0 cm³/mol.